The molecule has 0 radical (unpaired) electrons. The van der Waals surface area contributed by atoms with Crippen LogP contribution < -0.4 is 0 Å². The van der Waals surface area contributed by atoms with Crippen molar-refractivity contribution < 1.29 is 28.6 Å². The lowest BCUT2D eigenvalue weighted by atomic mass is 9.90. The topological polar surface area (TPSA) is 78.9 Å². The molecule has 1 heterocycles. The average molecular weight is 344 g/mol. The third-order valence-corrected chi connectivity index (χ3v) is 3.09. The second-order valence-electron chi connectivity index (χ2n) is 8.26. The van der Waals surface area contributed by atoms with Gasteiger partial charge in [-0.3, -0.25) is 9.59 Å². The number of rotatable bonds is 3. The summed E-state index contributed by atoms with van der Waals surface area (Å²) in [5, 5.41) is 0. The van der Waals surface area contributed by atoms with Crippen molar-refractivity contribution in [2.24, 2.45) is 17.3 Å². The van der Waals surface area contributed by atoms with Gasteiger partial charge in [0.25, 0.3) is 0 Å². The molecule has 0 aliphatic carbocycles. The summed E-state index contributed by atoms with van der Waals surface area (Å²) >= 11 is 0. The summed E-state index contributed by atoms with van der Waals surface area (Å²) in [6, 6.07) is 0. The summed E-state index contributed by atoms with van der Waals surface area (Å²) in [7, 11) is 0. The summed E-state index contributed by atoms with van der Waals surface area (Å²) in [4.78, 5) is 33.5. The molecule has 0 aromatic rings. The molecule has 1 saturated heterocycles. The predicted octanol–water partition coefficient (Wildman–Crippen LogP) is 3.12. The zero-order valence-corrected chi connectivity index (χ0v) is 16.4. The van der Waals surface area contributed by atoms with E-state index in [-0.39, 0.29) is 29.4 Å². The zero-order chi connectivity index (χ0) is 19.3. The molecule has 1 aliphatic rings. The van der Waals surface area contributed by atoms with Gasteiger partial charge in [-0.25, -0.2) is 4.79 Å². The molecule has 0 saturated carbocycles. The van der Waals surface area contributed by atoms with Crippen LogP contribution in [0, 0.1) is 17.3 Å². The van der Waals surface area contributed by atoms with Crippen molar-refractivity contribution in [3.8, 4) is 0 Å². The van der Waals surface area contributed by atoms with Crippen LogP contribution in [0.4, 0.5) is 0 Å². The fourth-order valence-electron chi connectivity index (χ4n) is 1.61. The van der Waals surface area contributed by atoms with Gasteiger partial charge >= 0.3 is 17.9 Å². The van der Waals surface area contributed by atoms with Crippen molar-refractivity contribution in [3.05, 3.63) is 0 Å². The molecule has 0 aromatic carbocycles. The number of carbonyl (C=O) groups is 3. The second kappa shape index (κ2) is 8.49. The SMILES string of the molecule is CC(C)C(=O)OC(C)(C)C.CC(C)C(=O)OC1C(=O)OCC1(C)C. The molecule has 1 unspecified atom stereocenters. The minimum Gasteiger partial charge on any atom is -0.462 e. The normalized spacial score (nSPS) is 19.5. The highest BCUT2D eigenvalue weighted by molar-refractivity contribution is 5.82. The van der Waals surface area contributed by atoms with Gasteiger partial charge in [0, 0.05) is 5.41 Å². The number of ether oxygens (including phenoxy) is 3. The molecule has 1 atom stereocenters. The van der Waals surface area contributed by atoms with E-state index in [9.17, 15) is 14.4 Å². The Morgan fingerprint density at radius 1 is 1.08 bits per heavy atom. The fourth-order valence-corrected chi connectivity index (χ4v) is 1.61. The summed E-state index contributed by atoms with van der Waals surface area (Å²) < 4.78 is 15.0. The van der Waals surface area contributed by atoms with Crippen molar-refractivity contribution in [3.63, 3.8) is 0 Å². The van der Waals surface area contributed by atoms with Gasteiger partial charge in [-0.05, 0) is 20.8 Å². The third-order valence-electron chi connectivity index (χ3n) is 3.09. The maximum absolute atomic E-state index is 11.3. The summed E-state index contributed by atoms with van der Waals surface area (Å²) in [5.74, 6) is -1.18. The van der Waals surface area contributed by atoms with E-state index in [2.05, 4.69) is 0 Å². The van der Waals surface area contributed by atoms with Crippen molar-refractivity contribution in [2.75, 3.05) is 6.61 Å². The van der Waals surface area contributed by atoms with Gasteiger partial charge in [0.15, 0.2) is 0 Å². The van der Waals surface area contributed by atoms with E-state index in [0.717, 1.165) is 0 Å². The molecular formula is C18H32O6. The van der Waals surface area contributed by atoms with E-state index in [0.29, 0.717) is 6.61 Å². The van der Waals surface area contributed by atoms with E-state index in [4.69, 9.17) is 14.2 Å². The van der Waals surface area contributed by atoms with Gasteiger partial charge in [-0.2, -0.15) is 0 Å². The highest BCUT2D eigenvalue weighted by Gasteiger charge is 2.46. The zero-order valence-electron chi connectivity index (χ0n) is 16.4. The van der Waals surface area contributed by atoms with Crippen LogP contribution in [0.25, 0.3) is 0 Å². The molecule has 1 aliphatic heterocycles. The standard InChI is InChI=1S/C10H16O4.C8H16O2/c1-6(2)8(11)14-7-9(12)13-5-10(7,3)4;1-6(2)7(9)10-8(3,4)5/h6-7H,5H2,1-4H3;6H,1-5H3. The third kappa shape index (κ3) is 7.79. The largest absolute Gasteiger partial charge is 0.462 e. The highest BCUT2D eigenvalue weighted by Crippen LogP contribution is 2.31. The number of hydrogen-bond acceptors (Lipinski definition) is 6. The van der Waals surface area contributed by atoms with Gasteiger partial charge in [0.2, 0.25) is 6.10 Å². The average Bonchev–Trinajstić information content (AvgIpc) is 2.64. The molecule has 6 heteroatoms. The minimum absolute atomic E-state index is 0.0285. The molecule has 140 valence electrons. The monoisotopic (exact) mass is 344 g/mol. The Morgan fingerprint density at radius 2 is 1.54 bits per heavy atom. The second-order valence-corrected chi connectivity index (χ2v) is 8.26. The van der Waals surface area contributed by atoms with E-state index in [1.165, 1.54) is 0 Å². The lowest BCUT2D eigenvalue weighted by Crippen LogP contribution is -2.36. The van der Waals surface area contributed by atoms with E-state index in [1.54, 1.807) is 13.8 Å². The molecule has 1 fully saturated rings. The van der Waals surface area contributed by atoms with Crippen LogP contribution in [0.15, 0.2) is 0 Å². The lowest BCUT2D eigenvalue weighted by Gasteiger charge is -2.22. The van der Waals surface area contributed by atoms with Crippen LogP contribution >= 0.6 is 0 Å². The van der Waals surface area contributed by atoms with Crippen molar-refractivity contribution in [2.45, 2.75) is 74.0 Å². The summed E-state index contributed by atoms with van der Waals surface area (Å²) in [6.45, 7) is 16.7. The molecule has 1 rings (SSSR count). The quantitative estimate of drug-likeness (QED) is 0.578. The van der Waals surface area contributed by atoms with Crippen molar-refractivity contribution >= 4 is 17.9 Å². The first-order chi connectivity index (χ1) is 10.7. The fraction of sp³-hybridized carbons (Fsp3) is 0.833. The van der Waals surface area contributed by atoms with Crippen LogP contribution in [-0.2, 0) is 28.6 Å². The Morgan fingerprint density at radius 3 is 1.79 bits per heavy atom. The molecular weight excluding hydrogens is 312 g/mol. The van der Waals surface area contributed by atoms with Gasteiger partial charge in [0.1, 0.15) is 12.2 Å². The van der Waals surface area contributed by atoms with Crippen LogP contribution in [0.2, 0.25) is 0 Å². The Kier molecular flexibility index (Phi) is 7.93. The van der Waals surface area contributed by atoms with Gasteiger partial charge < -0.3 is 14.2 Å². The number of cyclic esters (lactones) is 1. The van der Waals surface area contributed by atoms with Crippen LogP contribution in [-0.4, -0.2) is 36.2 Å². The first-order valence-corrected chi connectivity index (χ1v) is 8.27. The molecule has 0 amide bonds. The molecule has 0 aromatic heterocycles. The van der Waals surface area contributed by atoms with E-state index in [1.807, 2.05) is 48.5 Å². The Labute approximate surface area is 145 Å². The summed E-state index contributed by atoms with van der Waals surface area (Å²) in [5.41, 5.74) is -0.761. The smallest absolute Gasteiger partial charge is 0.348 e. The lowest BCUT2D eigenvalue weighted by molar-refractivity contribution is -0.165. The number of hydrogen-bond donors (Lipinski definition) is 0. The predicted molar refractivity (Wildman–Crippen MR) is 90.1 cm³/mol. The highest BCUT2D eigenvalue weighted by atomic mass is 16.6. The Hall–Kier alpha value is -1.59. The number of esters is 3. The molecule has 6 nitrogen and oxygen atoms in total. The van der Waals surface area contributed by atoms with Crippen LogP contribution in [0.3, 0.4) is 0 Å². The Bertz CT molecular complexity index is 457. The van der Waals surface area contributed by atoms with E-state index < -0.39 is 17.5 Å². The van der Waals surface area contributed by atoms with Crippen molar-refractivity contribution in [1.82, 2.24) is 0 Å². The minimum atomic E-state index is -0.752. The molecule has 0 N–H and O–H groups in total. The van der Waals surface area contributed by atoms with Crippen molar-refractivity contribution in [1.29, 1.82) is 0 Å². The number of carbonyl (C=O) groups excluding carboxylic acids is 3. The maximum Gasteiger partial charge on any atom is 0.348 e. The van der Waals surface area contributed by atoms with Gasteiger partial charge in [0.05, 0.1) is 11.8 Å². The van der Waals surface area contributed by atoms with Crippen LogP contribution in [0.5, 0.6) is 0 Å². The first kappa shape index (κ1) is 22.4. The van der Waals surface area contributed by atoms with Crippen LogP contribution in [0.1, 0.15) is 62.3 Å². The van der Waals surface area contributed by atoms with E-state index >= 15 is 0 Å². The Balaban J connectivity index is 0.000000470. The molecule has 24 heavy (non-hydrogen) atoms. The molecule has 0 spiro atoms. The molecule has 0 bridgehead atoms. The first-order valence-electron chi connectivity index (χ1n) is 8.27. The van der Waals surface area contributed by atoms with Gasteiger partial charge in [-0.15, -0.1) is 0 Å². The maximum atomic E-state index is 11.3. The van der Waals surface area contributed by atoms with Gasteiger partial charge in [-0.1, -0.05) is 41.5 Å². The summed E-state index contributed by atoms with van der Waals surface area (Å²) in [6.07, 6.45) is -0.752.